The molecule has 2 heterocycles. The van der Waals surface area contributed by atoms with E-state index in [2.05, 4.69) is 39.1 Å². The van der Waals surface area contributed by atoms with Crippen LogP contribution in [0.5, 0.6) is 0 Å². The first-order valence-corrected chi connectivity index (χ1v) is 30.4. The maximum atomic E-state index is 13.0. The molecule has 386 valence electrons. The molecule has 0 bridgehead atoms. The molecule has 12 heteroatoms. The van der Waals surface area contributed by atoms with Crippen LogP contribution in [0.2, 0.25) is 0 Å². The first-order chi connectivity index (χ1) is 33.0. The van der Waals surface area contributed by atoms with E-state index < -0.39 is 6.04 Å². The molecule has 2 rings (SSSR count). The average molecular weight is 975 g/mol. The quantitative estimate of drug-likeness (QED) is 0.0285. The number of hydrogen-bond donors (Lipinski definition) is 2. The van der Waals surface area contributed by atoms with E-state index in [1.54, 1.807) is 23.4 Å². The van der Waals surface area contributed by atoms with Crippen molar-refractivity contribution in [2.45, 2.75) is 288 Å². The summed E-state index contributed by atoms with van der Waals surface area (Å²) in [7, 11) is 3.51. The van der Waals surface area contributed by atoms with E-state index in [9.17, 15) is 14.4 Å². The molecular formula is C55H99N5O5S2. The number of fused-ring (bicyclic) bond motifs is 1. The minimum absolute atomic E-state index is 0.0293. The molecule has 2 N–H and O–H groups in total. The Morgan fingerprint density at radius 2 is 0.866 bits per heavy atom. The highest BCUT2D eigenvalue weighted by molar-refractivity contribution is 8.76. The number of carbonyl (C=O) groups is 3. The maximum Gasteiger partial charge on any atom is 0.305 e. The summed E-state index contributed by atoms with van der Waals surface area (Å²) in [6, 6.07) is -0.536. The van der Waals surface area contributed by atoms with E-state index in [1.165, 1.54) is 186 Å². The number of hydrogen-bond acceptors (Lipinski definition) is 10. The van der Waals surface area contributed by atoms with Crippen molar-refractivity contribution >= 4 is 50.6 Å². The van der Waals surface area contributed by atoms with Crippen molar-refractivity contribution in [3.8, 4) is 0 Å². The molecule has 0 saturated heterocycles. The summed E-state index contributed by atoms with van der Waals surface area (Å²) in [6.07, 6.45) is 51.8. The van der Waals surface area contributed by atoms with Crippen molar-refractivity contribution in [2.24, 2.45) is 0 Å². The van der Waals surface area contributed by atoms with Crippen molar-refractivity contribution in [1.82, 2.24) is 25.3 Å². The molecule has 1 amide bonds. The lowest BCUT2D eigenvalue weighted by Crippen LogP contribution is -2.42. The second kappa shape index (κ2) is 46.1. The monoisotopic (exact) mass is 974 g/mol. The van der Waals surface area contributed by atoms with Crippen LogP contribution >= 0.6 is 21.6 Å². The molecule has 0 saturated carbocycles. The summed E-state index contributed by atoms with van der Waals surface area (Å²) in [5, 5.41) is 3.95. The van der Waals surface area contributed by atoms with Crippen molar-refractivity contribution in [3.63, 3.8) is 0 Å². The first-order valence-electron chi connectivity index (χ1n) is 28.1. The SMILES string of the molecule is CCCCCCCCCCCCCCCCCC(=O)OCC(COC(=O)CCCCCCCCCCCCCCCCC)NC(=O)CCCCCCCCCCSSc1ncnc2nc[nH]c12. The van der Waals surface area contributed by atoms with Crippen LogP contribution in [0.4, 0.5) is 0 Å². The lowest BCUT2D eigenvalue weighted by atomic mass is 10.0. The molecule has 2 aromatic heterocycles. The number of nitrogens with one attached hydrogen (secondary N) is 2. The highest BCUT2D eigenvalue weighted by Gasteiger charge is 2.18. The average Bonchev–Trinajstić information content (AvgIpc) is 3.83. The molecule has 67 heavy (non-hydrogen) atoms. The lowest BCUT2D eigenvalue weighted by molar-refractivity contribution is -0.149. The molecule has 0 spiro atoms. The number of amides is 1. The Labute approximate surface area is 417 Å². The summed E-state index contributed by atoms with van der Waals surface area (Å²) in [6.45, 7) is 4.61. The fraction of sp³-hybridized carbons (Fsp3) is 0.855. The van der Waals surface area contributed by atoms with Gasteiger partial charge in [-0.25, -0.2) is 15.0 Å². The minimum Gasteiger partial charge on any atom is -0.463 e. The molecule has 0 atom stereocenters. The highest BCUT2D eigenvalue weighted by Crippen LogP contribution is 2.33. The molecule has 0 aliphatic carbocycles. The van der Waals surface area contributed by atoms with Gasteiger partial charge in [0.25, 0.3) is 0 Å². The van der Waals surface area contributed by atoms with Crippen molar-refractivity contribution < 1.29 is 23.9 Å². The standard InChI is InChI=1S/C55H99N5O5S2/c1-3-5-7-9-11-13-15-17-19-21-23-25-30-34-38-42-51(62)64-45-49(46-65-52(63)43-39-35-31-26-24-22-20-18-16-14-12-10-8-6-4-2)60-50(61)41-37-33-29-27-28-32-36-40-44-66-67-55-53-54(57-47-56-53)58-48-59-55/h47-49H,3-46H2,1-2H3,(H,60,61)(H,56,57,58,59). The third kappa shape index (κ3) is 37.2. The Hall–Kier alpha value is -2.34. The van der Waals surface area contributed by atoms with Gasteiger partial charge in [0.2, 0.25) is 5.91 Å². The number of esters is 2. The zero-order valence-electron chi connectivity index (χ0n) is 43.0. The third-order valence-corrected chi connectivity index (χ3v) is 15.3. The second-order valence-corrected chi connectivity index (χ2v) is 21.7. The Bertz CT molecular complexity index is 1400. The number of aromatic amines is 1. The fourth-order valence-corrected chi connectivity index (χ4v) is 10.8. The number of aromatic nitrogens is 4. The number of H-pyrrole nitrogens is 1. The molecule has 0 unspecified atom stereocenters. The van der Waals surface area contributed by atoms with Crippen LogP contribution in [0.15, 0.2) is 17.7 Å². The van der Waals surface area contributed by atoms with Gasteiger partial charge in [0.15, 0.2) is 5.65 Å². The lowest BCUT2D eigenvalue weighted by Gasteiger charge is -2.19. The molecule has 0 fully saturated rings. The van der Waals surface area contributed by atoms with Crippen LogP contribution < -0.4 is 5.32 Å². The number of ether oxygens (including phenoxy) is 2. The van der Waals surface area contributed by atoms with E-state index in [0.717, 1.165) is 74.1 Å². The fourth-order valence-electron chi connectivity index (χ4n) is 8.65. The van der Waals surface area contributed by atoms with Gasteiger partial charge >= 0.3 is 11.9 Å². The van der Waals surface area contributed by atoms with Crippen molar-refractivity contribution in [2.75, 3.05) is 19.0 Å². The summed E-state index contributed by atoms with van der Waals surface area (Å²) in [5.74, 6) is 0.521. The topological polar surface area (TPSA) is 136 Å². The molecule has 0 aliphatic rings. The number of carbonyl (C=O) groups excluding carboxylic acids is 3. The molecule has 0 aliphatic heterocycles. The molecule has 0 aromatic carbocycles. The highest BCUT2D eigenvalue weighted by atomic mass is 33.1. The molecule has 10 nitrogen and oxygen atoms in total. The Morgan fingerprint density at radius 3 is 1.28 bits per heavy atom. The zero-order valence-corrected chi connectivity index (χ0v) is 44.7. The van der Waals surface area contributed by atoms with Crippen LogP contribution in [-0.4, -0.2) is 62.8 Å². The van der Waals surface area contributed by atoms with Crippen LogP contribution in [0.1, 0.15) is 277 Å². The smallest absolute Gasteiger partial charge is 0.305 e. The Morgan fingerprint density at radius 1 is 0.493 bits per heavy atom. The number of rotatable bonds is 50. The maximum absolute atomic E-state index is 13.0. The predicted octanol–water partition coefficient (Wildman–Crippen LogP) is 16.7. The molecule has 0 radical (unpaired) electrons. The van der Waals surface area contributed by atoms with Gasteiger partial charge in [-0.2, -0.15) is 0 Å². The summed E-state index contributed by atoms with van der Waals surface area (Å²) in [5.41, 5.74) is 1.61. The van der Waals surface area contributed by atoms with Gasteiger partial charge in [-0.05, 0) is 36.5 Å². The van der Waals surface area contributed by atoms with Crippen LogP contribution in [0.25, 0.3) is 11.2 Å². The third-order valence-electron chi connectivity index (χ3n) is 12.9. The van der Waals surface area contributed by atoms with Crippen LogP contribution in [-0.2, 0) is 23.9 Å². The van der Waals surface area contributed by atoms with Gasteiger partial charge in [-0.15, -0.1) is 0 Å². The largest absolute Gasteiger partial charge is 0.463 e. The molecule has 2 aromatic rings. The summed E-state index contributed by atoms with van der Waals surface area (Å²) in [4.78, 5) is 54.3. The Kier molecular flexibility index (Phi) is 41.8. The van der Waals surface area contributed by atoms with Crippen molar-refractivity contribution in [1.29, 1.82) is 0 Å². The normalized spacial score (nSPS) is 11.5. The number of unbranched alkanes of at least 4 members (excludes halogenated alkanes) is 35. The molecular weight excluding hydrogens is 875 g/mol. The second-order valence-electron chi connectivity index (χ2n) is 19.3. The predicted molar refractivity (Wildman–Crippen MR) is 284 cm³/mol. The van der Waals surface area contributed by atoms with Gasteiger partial charge in [-0.3, -0.25) is 14.4 Å². The van der Waals surface area contributed by atoms with E-state index in [1.807, 2.05) is 10.8 Å². The number of imidazole rings is 1. The summed E-state index contributed by atoms with van der Waals surface area (Å²) >= 11 is 0. The minimum atomic E-state index is -0.536. The van der Waals surface area contributed by atoms with Gasteiger partial charge in [0.05, 0.1) is 12.4 Å². The van der Waals surface area contributed by atoms with Crippen molar-refractivity contribution in [3.05, 3.63) is 12.7 Å². The zero-order chi connectivity index (χ0) is 47.9. The van der Waals surface area contributed by atoms with E-state index in [4.69, 9.17) is 9.47 Å². The number of nitrogens with zero attached hydrogens (tertiary/aromatic N) is 3. The van der Waals surface area contributed by atoms with E-state index >= 15 is 0 Å². The first kappa shape index (κ1) is 60.8. The van der Waals surface area contributed by atoms with Gasteiger partial charge in [0.1, 0.15) is 30.1 Å². The van der Waals surface area contributed by atoms with E-state index in [0.29, 0.717) is 24.9 Å². The van der Waals surface area contributed by atoms with Gasteiger partial charge < -0.3 is 19.8 Å². The van der Waals surface area contributed by atoms with Crippen LogP contribution in [0, 0.1) is 0 Å². The van der Waals surface area contributed by atoms with E-state index in [-0.39, 0.29) is 31.1 Å². The van der Waals surface area contributed by atoms with Crippen LogP contribution in [0.3, 0.4) is 0 Å². The van der Waals surface area contributed by atoms with Gasteiger partial charge in [-0.1, -0.05) is 243 Å². The Balaban J connectivity index is 1.56. The summed E-state index contributed by atoms with van der Waals surface area (Å²) < 4.78 is 11.3. The van der Waals surface area contributed by atoms with Gasteiger partial charge in [0, 0.05) is 25.0 Å².